The topological polar surface area (TPSA) is 94.4 Å². The molecule has 1 fully saturated rings. The van der Waals surface area contributed by atoms with E-state index in [1.54, 1.807) is 35.3 Å². The van der Waals surface area contributed by atoms with Gasteiger partial charge in [0, 0.05) is 17.1 Å². The summed E-state index contributed by atoms with van der Waals surface area (Å²) in [6, 6.07) is 4.26. The fourth-order valence-electron chi connectivity index (χ4n) is 3.49. The van der Waals surface area contributed by atoms with E-state index in [4.69, 9.17) is 4.74 Å². The highest BCUT2D eigenvalue weighted by Crippen LogP contribution is 2.32. The number of cyclic esters (lactones) is 1. The minimum Gasteiger partial charge on any atom is -0.442 e. The highest BCUT2D eigenvalue weighted by molar-refractivity contribution is 9.09. The Morgan fingerprint density at radius 3 is 2.83 bits per heavy atom. The Morgan fingerprint density at radius 2 is 2.21 bits per heavy atom. The molecule has 29 heavy (non-hydrogen) atoms. The molecule has 2 aromatic rings. The molecule has 0 spiro atoms. The van der Waals surface area contributed by atoms with Gasteiger partial charge in [0.15, 0.2) is 9.84 Å². The molecule has 1 amide bonds. The Labute approximate surface area is 175 Å². The summed E-state index contributed by atoms with van der Waals surface area (Å²) in [5, 5.41) is 8.25. The molecule has 2 atom stereocenters. The zero-order valence-corrected chi connectivity index (χ0v) is 17.6. The van der Waals surface area contributed by atoms with E-state index in [9.17, 15) is 17.6 Å². The molecule has 1 aromatic carbocycles. The number of sulfone groups is 1. The van der Waals surface area contributed by atoms with Crippen molar-refractivity contribution >= 4 is 43.1 Å². The Balaban J connectivity index is 1.54. The molecule has 2 aliphatic heterocycles. The van der Waals surface area contributed by atoms with Crippen molar-refractivity contribution in [1.82, 2.24) is 15.0 Å². The summed E-state index contributed by atoms with van der Waals surface area (Å²) in [5.41, 5.74) is 1.40. The number of carbonyl (C=O) groups excluding carboxylic acids is 1. The molecule has 0 radical (unpaired) electrons. The molecule has 0 N–H and O–H groups in total. The van der Waals surface area contributed by atoms with Crippen molar-refractivity contribution in [2.75, 3.05) is 28.3 Å². The largest absolute Gasteiger partial charge is 0.442 e. The van der Waals surface area contributed by atoms with Gasteiger partial charge in [0.2, 0.25) is 0 Å². The Morgan fingerprint density at radius 1 is 1.38 bits per heavy atom. The summed E-state index contributed by atoms with van der Waals surface area (Å²) in [7, 11) is -3.08. The van der Waals surface area contributed by atoms with Crippen molar-refractivity contribution in [2.45, 2.75) is 18.6 Å². The number of ether oxygens (including phenoxy) is 1. The van der Waals surface area contributed by atoms with E-state index >= 15 is 0 Å². The highest BCUT2D eigenvalue weighted by Gasteiger charge is 2.38. The van der Waals surface area contributed by atoms with Crippen LogP contribution in [0.3, 0.4) is 0 Å². The average Bonchev–Trinajstić information content (AvgIpc) is 3.33. The molecule has 0 bridgehead atoms. The first-order valence-corrected chi connectivity index (χ1v) is 11.9. The summed E-state index contributed by atoms with van der Waals surface area (Å²) in [4.78, 5) is 13.8. The smallest absolute Gasteiger partial charge is 0.414 e. The first-order chi connectivity index (χ1) is 13.9. The molecule has 154 valence electrons. The van der Waals surface area contributed by atoms with Gasteiger partial charge in [-0.15, -0.1) is 5.10 Å². The second-order valence-corrected chi connectivity index (χ2v) is 9.77. The average molecular weight is 485 g/mol. The van der Waals surface area contributed by atoms with Crippen LogP contribution >= 0.6 is 15.9 Å². The molecule has 0 saturated carbocycles. The maximum atomic E-state index is 14.8. The number of halogens is 2. The highest BCUT2D eigenvalue weighted by atomic mass is 79.9. The van der Waals surface area contributed by atoms with Gasteiger partial charge in [-0.05, 0) is 30.2 Å². The molecule has 4 rings (SSSR count). The van der Waals surface area contributed by atoms with Crippen LogP contribution in [0, 0.1) is 5.82 Å². The third-order valence-electron chi connectivity index (χ3n) is 5.08. The maximum Gasteiger partial charge on any atom is 0.414 e. The van der Waals surface area contributed by atoms with Gasteiger partial charge >= 0.3 is 6.09 Å². The number of rotatable bonds is 5. The molecule has 0 aliphatic carbocycles. The Bertz CT molecular complexity index is 1060. The van der Waals surface area contributed by atoms with Gasteiger partial charge < -0.3 is 4.74 Å². The number of benzene rings is 1. The van der Waals surface area contributed by atoms with Crippen LogP contribution in [0.25, 0.3) is 5.57 Å². The van der Waals surface area contributed by atoms with Crippen molar-refractivity contribution in [3.05, 3.63) is 48.0 Å². The molecule has 8 nitrogen and oxygen atoms in total. The number of hydrogen-bond donors (Lipinski definition) is 0. The van der Waals surface area contributed by atoms with Crippen LogP contribution in [0.2, 0.25) is 0 Å². The number of aromatic nitrogens is 3. The van der Waals surface area contributed by atoms with Gasteiger partial charge in [-0.3, -0.25) is 4.90 Å². The number of hydrogen-bond acceptors (Lipinski definition) is 6. The first kappa shape index (κ1) is 20.0. The van der Waals surface area contributed by atoms with Crippen LogP contribution in [0.5, 0.6) is 0 Å². The van der Waals surface area contributed by atoms with E-state index in [-0.39, 0.29) is 30.5 Å². The third-order valence-corrected chi connectivity index (χ3v) is 7.24. The summed E-state index contributed by atoms with van der Waals surface area (Å²) >= 11 is 3.41. The summed E-state index contributed by atoms with van der Waals surface area (Å²) in [6.07, 6.45) is 4.03. The van der Waals surface area contributed by atoms with Crippen LogP contribution in [0.15, 0.2) is 36.7 Å². The number of amides is 1. The quantitative estimate of drug-likeness (QED) is 0.605. The van der Waals surface area contributed by atoms with Crippen LogP contribution in [0.4, 0.5) is 14.9 Å². The molecule has 3 heterocycles. The van der Waals surface area contributed by atoms with Gasteiger partial charge in [-0.1, -0.05) is 27.2 Å². The van der Waals surface area contributed by atoms with Crippen LogP contribution in [0.1, 0.15) is 18.0 Å². The number of nitrogens with zero attached hydrogens (tertiary/aromatic N) is 4. The van der Waals surface area contributed by atoms with Crippen molar-refractivity contribution in [1.29, 1.82) is 0 Å². The van der Waals surface area contributed by atoms with Crippen molar-refractivity contribution in [3.63, 3.8) is 0 Å². The van der Waals surface area contributed by atoms with Gasteiger partial charge in [-0.2, -0.15) is 0 Å². The Hall–Kier alpha value is -2.27. The molecule has 1 aromatic heterocycles. The summed E-state index contributed by atoms with van der Waals surface area (Å²) < 4.78 is 45.0. The lowest BCUT2D eigenvalue weighted by atomic mass is 10.0. The van der Waals surface area contributed by atoms with E-state index in [0.29, 0.717) is 22.2 Å². The lowest BCUT2D eigenvalue weighted by Gasteiger charge is -2.20. The van der Waals surface area contributed by atoms with Gasteiger partial charge in [-0.25, -0.2) is 22.3 Å². The van der Waals surface area contributed by atoms with Crippen molar-refractivity contribution in [3.8, 4) is 0 Å². The minimum absolute atomic E-state index is 0.0103. The maximum absolute atomic E-state index is 14.8. The first-order valence-electron chi connectivity index (χ1n) is 8.97. The Kier molecular flexibility index (Phi) is 5.43. The van der Waals surface area contributed by atoms with E-state index in [2.05, 4.69) is 26.2 Å². The van der Waals surface area contributed by atoms with Crippen LogP contribution in [-0.2, 0) is 14.6 Å². The predicted octanol–water partition coefficient (Wildman–Crippen LogP) is 2.58. The molecule has 11 heteroatoms. The standard InChI is InChI=1S/C18H18BrFN4O4S/c19-10-16(24-6-5-21-22-24)17-11-23(18(25)28-17)13-1-2-14(15(20)9-13)12-3-7-29(26,27)8-4-12/h1-3,5-6,9,16-17H,4,7-8,10-11H2/t16?,17-/m1/s1. The number of allylic oxidation sites excluding steroid dienone is 1. The van der Waals surface area contributed by atoms with Gasteiger partial charge in [0.1, 0.15) is 18.0 Å². The monoisotopic (exact) mass is 484 g/mol. The molecular formula is C18H18BrFN4O4S. The zero-order valence-electron chi connectivity index (χ0n) is 15.2. The predicted molar refractivity (Wildman–Crippen MR) is 108 cm³/mol. The van der Waals surface area contributed by atoms with E-state index < -0.39 is 27.9 Å². The summed E-state index contributed by atoms with van der Waals surface area (Å²) in [6.45, 7) is 0.245. The fraction of sp³-hybridized carbons (Fsp3) is 0.389. The second-order valence-electron chi connectivity index (χ2n) is 6.90. The van der Waals surface area contributed by atoms with Crippen LogP contribution < -0.4 is 4.90 Å². The number of alkyl halides is 1. The van der Waals surface area contributed by atoms with Gasteiger partial charge in [0.05, 0.1) is 29.9 Å². The number of anilines is 1. The molecule has 1 unspecified atom stereocenters. The molecule has 2 aliphatic rings. The number of carbonyl (C=O) groups is 1. The lowest BCUT2D eigenvalue weighted by Crippen LogP contribution is -2.31. The fourth-order valence-corrected chi connectivity index (χ4v) is 5.35. The normalized spacial score (nSPS) is 22.3. The zero-order chi connectivity index (χ0) is 20.6. The second kappa shape index (κ2) is 7.86. The molecular weight excluding hydrogens is 467 g/mol. The third kappa shape index (κ3) is 4.06. The van der Waals surface area contributed by atoms with Crippen molar-refractivity contribution < 1.29 is 22.3 Å². The van der Waals surface area contributed by atoms with E-state index in [0.717, 1.165) is 0 Å². The van der Waals surface area contributed by atoms with E-state index in [1.165, 1.54) is 11.0 Å². The summed E-state index contributed by atoms with van der Waals surface area (Å²) in [5.74, 6) is -0.575. The van der Waals surface area contributed by atoms with E-state index in [1.807, 2.05) is 0 Å². The van der Waals surface area contributed by atoms with Crippen LogP contribution in [-0.4, -0.2) is 59.0 Å². The minimum atomic E-state index is -3.08. The molecule has 1 saturated heterocycles. The van der Waals surface area contributed by atoms with Gasteiger partial charge in [0.25, 0.3) is 0 Å². The SMILES string of the molecule is O=C1O[C@@H](C(CBr)n2ccnn2)CN1c1ccc(C2=CCS(=O)(=O)CC2)c(F)c1. The van der Waals surface area contributed by atoms with Crippen molar-refractivity contribution in [2.24, 2.45) is 0 Å². The lowest BCUT2D eigenvalue weighted by molar-refractivity contribution is 0.110.